The van der Waals surface area contributed by atoms with E-state index in [4.69, 9.17) is 10.2 Å². The second kappa shape index (κ2) is 12.4. The molecule has 38 heavy (non-hydrogen) atoms. The van der Waals surface area contributed by atoms with Gasteiger partial charge in [0.1, 0.15) is 0 Å². The summed E-state index contributed by atoms with van der Waals surface area (Å²) in [6.45, 7) is 0. The van der Waals surface area contributed by atoms with Gasteiger partial charge in [-0.05, 0) is 70.1 Å². The number of hydrogen-bond donors (Lipinski definition) is 2. The van der Waals surface area contributed by atoms with Crippen molar-refractivity contribution in [1.82, 2.24) is 0 Å². The summed E-state index contributed by atoms with van der Waals surface area (Å²) in [5.41, 5.74) is 3.64. The summed E-state index contributed by atoms with van der Waals surface area (Å²) in [5, 5.41) is 22.1. The van der Waals surface area contributed by atoms with Crippen LogP contribution in [0.5, 0.6) is 0 Å². The quantitative estimate of drug-likeness (QED) is 0.217. The minimum Gasteiger partial charge on any atom is -1.00 e. The van der Waals surface area contributed by atoms with Crippen LogP contribution in [0.15, 0.2) is 97.1 Å². The van der Waals surface area contributed by atoms with E-state index in [0.29, 0.717) is 0 Å². The molecule has 0 radical (unpaired) electrons. The van der Waals surface area contributed by atoms with Gasteiger partial charge in [-0.15, -0.1) is 0 Å². The first-order chi connectivity index (χ1) is 17.5. The van der Waals surface area contributed by atoms with Crippen molar-refractivity contribution in [3.05, 3.63) is 130 Å². The molecule has 0 heterocycles. The van der Waals surface area contributed by atoms with E-state index in [1.54, 1.807) is 48.5 Å². The van der Waals surface area contributed by atoms with Gasteiger partial charge in [-0.3, -0.25) is 0 Å². The molecule has 2 N–H and O–H groups in total. The van der Waals surface area contributed by atoms with E-state index < -0.39 is 11.9 Å². The Morgan fingerprint density at radius 2 is 0.763 bits per heavy atom. The van der Waals surface area contributed by atoms with Crippen molar-refractivity contribution < 1.29 is 60.4 Å². The Labute approximate surface area is 247 Å². The summed E-state index contributed by atoms with van der Waals surface area (Å²) < 4.78 is 0. The Bertz CT molecular complexity index is 1600. The van der Waals surface area contributed by atoms with Gasteiger partial charge in [0.2, 0.25) is 0 Å². The van der Waals surface area contributed by atoms with E-state index in [1.165, 1.54) is 0 Å². The molecule has 0 atom stereocenters. The first-order valence-corrected chi connectivity index (χ1v) is 11.2. The fourth-order valence-electron chi connectivity index (χ4n) is 4.06. The first-order valence-electron chi connectivity index (χ1n) is 11.2. The van der Waals surface area contributed by atoms with E-state index in [2.05, 4.69) is 23.7 Å². The van der Waals surface area contributed by atoms with Crippen LogP contribution in [0, 0.1) is 23.7 Å². The molecule has 0 saturated carbocycles. The van der Waals surface area contributed by atoms with Gasteiger partial charge >= 0.3 is 49.7 Å². The smallest absolute Gasteiger partial charge is 1.00 e. The minimum atomic E-state index is -0.971. The van der Waals surface area contributed by atoms with Gasteiger partial charge in [0, 0.05) is 22.3 Å². The Hall–Kier alpha value is -4.13. The largest absolute Gasteiger partial charge is 1.00 e. The fraction of sp³-hybridized carbons (Fsp3) is 0. The van der Waals surface area contributed by atoms with Gasteiger partial charge < -0.3 is 13.1 Å². The Morgan fingerprint density at radius 3 is 1.03 bits per heavy atom. The van der Waals surface area contributed by atoms with Gasteiger partial charge in [0.15, 0.2) is 0 Å². The molecule has 5 aromatic carbocycles. The van der Waals surface area contributed by atoms with Crippen LogP contribution < -0.4 is 37.7 Å². The molecule has 0 fully saturated rings. The number of carboxylic acid groups (broad SMARTS) is 2. The zero-order chi connectivity index (χ0) is 25.1. The molecule has 6 heteroatoms. The number of carbonyl (C=O) groups is 2. The molecule has 0 aliphatic carbocycles. The molecule has 0 aliphatic rings. The molecule has 5 aromatic rings. The van der Waals surface area contributed by atoms with Crippen LogP contribution in [0.4, 0.5) is 0 Å². The Kier molecular flexibility index (Phi) is 9.29. The number of hydrogen-bond acceptors (Lipinski definition) is 2. The molecule has 0 bridgehead atoms. The van der Waals surface area contributed by atoms with Gasteiger partial charge in [-0.2, -0.15) is 0 Å². The van der Waals surface area contributed by atoms with Crippen LogP contribution in [-0.4, -0.2) is 22.2 Å². The van der Waals surface area contributed by atoms with Crippen molar-refractivity contribution in [2.24, 2.45) is 0 Å². The maximum Gasteiger partial charge on any atom is 1.00 e. The molecule has 4 nitrogen and oxygen atoms in total. The third kappa shape index (κ3) is 5.88. The monoisotopic (exact) mass is 482 g/mol. The number of fused-ring (bicyclic) bond motifs is 2. The molecule has 0 spiro atoms. The third-order valence-electron chi connectivity index (χ3n) is 5.86. The Morgan fingerprint density at radius 1 is 0.474 bits per heavy atom. The van der Waals surface area contributed by atoms with Crippen LogP contribution in [0.25, 0.3) is 21.5 Å². The second-order valence-corrected chi connectivity index (χ2v) is 8.11. The first kappa shape index (κ1) is 28.4. The van der Waals surface area contributed by atoms with E-state index in [9.17, 15) is 9.59 Å². The molecule has 5 rings (SSSR count). The summed E-state index contributed by atoms with van der Waals surface area (Å²) >= 11 is 0. The van der Waals surface area contributed by atoms with Gasteiger partial charge in [0.25, 0.3) is 0 Å². The number of carboxylic acids is 2. The summed E-state index contributed by atoms with van der Waals surface area (Å²) in [6, 6.07) is 28.9. The van der Waals surface area contributed by atoms with Crippen LogP contribution in [0.1, 0.15) is 45.8 Å². The van der Waals surface area contributed by atoms with E-state index in [0.717, 1.165) is 43.8 Å². The van der Waals surface area contributed by atoms with E-state index in [1.807, 2.05) is 48.5 Å². The molecule has 174 valence electrons. The molecular formula is C32H20Li2O4. The van der Waals surface area contributed by atoms with Crippen LogP contribution in [-0.2, 0) is 0 Å². The van der Waals surface area contributed by atoms with Crippen molar-refractivity contribution in [3.63, 3.8) is 0 Å². The molecule has 0 saturated heterocycles. The van der Waals surface area contributed by atoms with E-state index in [-0.39, 0.29) is 51.7 Å². The van der Waals surface area contributed by atoms with Gasteiger partial charge in [0.05, 0.1) is 11.1 Å². The van der Waals surface area contributed by atoms with Crippen LogP contribution >= 0.6 is 0 Å². The SMILES string of the molecule is O=C(O)c1ccc(C#Cc2c3ccccc3c(C#Cc3ccc(C(=O)O)cc3)c3ccccc23)cc1.[H-].[H-].[Li+].[Li+]. The standard InChI is InChI=1S/C32H18O4.2Li.2H/c33-31(34)23-15-9-21(10-16-23)13-19-29-25-5-1-2-6-26(25)30(28-8-4-3-7-27(28)29)20-14-22-11-17-24(18-12-22)32(35)36;;;;/h1-12,15-18H,(H,33,34)(H,35,36);;;;/q;2*+1;2*-1. The molecule has 0 unspecified atom stereocenters. The van der Waals surface area contributed by atoms with Crippen molar-refractivity contribution >= 4 is 33.5 Å². The van der Waals surface area contributed by atoms with Gasteiger partial charge in [-0.1, -0.05) is 72.2 Å². The van der Waals surface area contributed by atoms with Crippen molar-refractivity contribution in [3.8, 4) is 23.7 Å². The second-order valence-electron chi connectivity index (χ2n) is 8.11. The zero-order valence-electron chi connectivity index (χ0n) is 22.9. The van der Waals surface area contributed by atoms with Crippen molar-refractivity contribution in [2.45, 2.75) is 0 Å². The summed E-state index contributed by atoms with van der Waals surface area (Å²) in [7, 11) is 0. The predicted octanol–water partition coefficient (Wildman–Crippen LogP) is 0.422. The molecule has 0 aromatic heterocycles. The van der Waals surface area contributed by atoms with Crippen LogP contribution in [0.3, 0.4) is 0 Å². The fourth-order valence-corrected chi connectivity index (χ4v) is 4.06. The van der Waals surface area contributed by atoms with Crippen LogP contribution in [0.2, 0.25) is 0 Å². The normalized spacial score (nSPS) is 9.68. The topological polar surface area (TPSA) is 74.6 Å². The molecule has 0 amide bonds. The van der Waals surface area contributed by atoms with E-state index >= 15 is 0 Å². The predicted molar refractivity (Wildman–Crippen MR) is 142 cm³/mol. The van der Waals surface area contributed by atoms with Crippen molar-refractivity contribution in [2.75, 3.05) is 0 Å². The van der Waals surface area contributed by atoms with Crippen molar-refractivity contribution in [1.29, 1.82) is 0 Å². The summed E-state index contributed by atoms with van der Waals surface area (Å²) in [5.74, 6) is 11.0. The summed E-state index contributed by atoms with van der Waals surface area (Å²) in [4.78, 5) is 22.3. The summed E-state index contributed by atoms with van der Waals surface area (Å²) in [6.07, 6.45) is 0. The maximum atomic E-state index is 11.1. The average Bonchev–Trinajstić information content (AvgIpc) is 2.91. The molecule has 0 aliphatic heterocycles. The number of benzene rings is 5. The number of aromatic carboxylic acids is 2. The maximum absolute atomic E-state index is 11.1. The molecular weight excluding hydrogens is 462 g/mol. The zero-order valence-corrected chi connectivity index (χ0v) is 20.9. The third-order valence-corrected chi connectivity index (χ3v) is 5.86. The Balaban J connectivity index is 0.00000200. The van der Waals surface area contributed by atoms with Gasteiger partial charge in [-0.25, -0.2) is 9.59 Å². The minimum absolute atomic E-state index is 0. The average molecular weight is 482 g/mol. The number of rotatable bonds is 2.